The van der Waals surface area contributed by atoms with Crippen LogP contribution in [0.4, 0.5) is 0 Å². The minimum absolute atomic E-state index is 0.0118. The first-order valence-electron chi connectivity index (χ1n) is 4.97. The maximum absolute atomic E-state index is 11.5. The minimum Gasteiger partial charge on any atom is -0.393 e. The molecule has 74 valence electrons. The Morgan fingerprint density at radius 3 is 2.77 bits per heavy atom. The van der Waals surface area contributed by atoms with E-state index in [9.17, 15) is 4.79 Å². The summed E-state index contributed by atoms with van der Waals surface area (Å²) in [6.07, 6.45) is 3.28. The molecule has 1 heterocycles. The molecule has 1 saturated carbocycles. The van der Waals surface area contributed by atoms with Crippen LogP contribution in [0.15, 0.2) is 0 Å². The number of carbonyl (C=O) groups excluding carboxylic acids is 1. The molecule has 0 radical (unpaired) electrons. The van der Waals surface area contributed by atoms with Crippen LogP contribution < -0.4 is 10.6 Å². The van der Waals surface area contributed by atoms with E-state index in [1.807, 2.05) is 0 Å². The maximum Gasteiger partial charge on any atom is 0.237 e. The molecule has 2 fully saturated rings. The summed E-state index contributed by atoms with van der Waals surface area (Å²) in [5.41, 5.74) is 0. The number of hydrogen-bond donors (Lipinski definition) is 3. The Labute approximate surface area is 77.7 Å². The Morgan fingerprint density at radius 1 is 1.46 bits per heavy atom. The molecule has 1 unspecified atom stereocenters. The van der Waals surface area contributed by atoms with Crippen LogP contribution in [0.5, 0.6) is 0 Å². The van der Waals surface area contributed by atoms with E-state index in [2.05, 4.69) is 10.6 Å². The smallest absolute Gasteiger partial charge is 0.237 e. The van der Waals surface area contributed by atoms with Crippen molar-refractivity contribution < 1.29 is 9.90 Å². The number of nitrogens with one attached hydrogen (secondary N) is 2. The molecule has 0 aromatic carbocycles. The second-order valence-electron chi connectivity index (χ2n) is 3.98. The molecular formula is C9H16N2O2. The molecule has 2 rings (SSSR count). The lowest BCUT2D eigenvalue weighted by Gasteiger charge is -2.32. The second kappa shape index (κ2) is 3.64. The van der Waals surface area contributed by atoms with Gasteiger partial charge in [0.25, 0.3) is 0 Å². The van der Waals surface area contributed by atoms with Crippen molar-refractivity contribution in [3.63, 3.8) is 0 Å². The van der Waals surface area contributed by atoms with Gasteiger partial charge in [-0.15, -0.1) is 0 Å². The third-order valence-corrected chi connectivity index (χ3v) is 2.84. The van der Waals surface area contributed by atoms with E-state index < -0.39 is 0 Å². The summed E-state index contributed by atoms with van der Waals surface area (Å²) < 4.78 is 0. The van der Waals surface area contributed by atoms with Crippen LogP contribution in [0.2, 0.25) is 0 Å². The normalized spacial score (nSPS) is 38.4. The highest BCUT2D eigenvalue weighted by Gasteiger charge is 2.31. The van der Waals surface area contributed by atoms with Gasteiger partial charge < -0.3 is 15.7 Å². The Hall–Kier alpha value is -0.610. The van der Waals surface area contributed by atoms with Crippen LogP contribution in [0.25, 0.3) is 0 Å². The molecule has 0 aromatic rings. The average Bonchev–Trinajstić information content (AvgIpc) is 2.53. The summed E-state index contributed by atoms with van der Waals surface area (Å²) in [6.45, 7) is 0.950. The number of rotatable bonds is 2. The third kappa shape index (κ3) is 2.00. The van der Waals surface area contributed by atoms with Crippen molar-refractivity contribution in [3.8, 4) is 0 Å². The first-order chi connectivity index (χ1) is 6.25. The van der Waals surface area contributed by atoms with Gasteiger partial charge in [0.1, 0.15) is 0 Å². The molecule has 0 spiro atoms. The lowest BCUT2D eigenvalue weighted by Crippen LogP contribution is -2.51. The zero-order valence-corrected chi connectivity index (χ0v) is 7.62. The SMILES string of the molecule is O=C(NC1CC(O)C1)C1CCCN1. The van der Waals surface area contributed by atoms with Gasteiger partial charge in [0.05, 0.1) is 12.1 Å². The highest BCUT2D eigenvalue weighted by atomic mass is 16.3. The first-order valence-corrected chi connectivity index (χ1v) is 4.97. The summed E-state index contributed by atoms with van der Waals surface area (Å²) in [7, 11) is 0. The topological polar surface area (TPSA) is 61.4 Å². The van der Waals surface area contributed by atoms with Gasteiger partial charge in [0, 0.05) is 6.04 Å². The van der Waals surface area contributed by atoms with Gasteiger partial charge in [-0.05, 0) is 32.2 Å². The Morgan fingerprint density at radius 2 is 2.23 bits per heavy atom. The highest BCUT2D eigenvalue weighted by Crippen LogP contribution is 2.19. The fourth-order valence-corrected chi connectivity index (χ4v) is 1.92. The van der Waals surface area contributed by atoms with E-state index in [0.29, 0.717) is 0 Å². The van der Waals surface area contributed by atoms with Crippen LogP contribution >= 0.6 is 0 Å². The lowest BCUT2D eigenvalue weighted by molar-refractivity contribution is -0.124. The fourth-order valence-electron chi connectivity index (χ4n) is 1.92. The monoisotopic (exact) mass is 184 g/mol. The number of hydrogen-bond acceptors (Lipinski definition) is 3. The van der Waals surface area contributed by atoms with Crippen molar-refractivity contribution in [2.45, 2.75) is 43.9 Å². The van der Waals surface area contributed by atoms with E-state index in [4.69, 9.17) is 5.11 Å². The lowest BCUT2D eigenvalue weighted by atomic mass is 9.89. The minimum atomic E-state index is -0.193. The summed E-state index contributed by atoms with van der Waals surface area (Å²) in [4.78, 5) is 11.5. The zero-order chi connectivity index (χ0) is 9.26. The van der Waals surface area contributed by atoms with E-state index in [0.717, 1.165) is 32.2 Å². The van der Waals surface area contributed by atoms with Gasteiger partial charge in [0.2, 0.25) is 5.91 Å². The van der Waals surface area contributed by atoms with Crippen molar-refractivity contribution in [1.29, 1.82) is 0 Å². The zero-order valence-electron chi connectivity index (χ0n) is 7.62. The Bertz CT molecular complexity index is 196. The van der Waals surface area contributed by atoms with Crippen molar-refractivity contribution in [2.24, 2.45) is 0 Å². The number of carbonyl (C=O) groups is 1. The fraction of sp³-hybridized carbons (Fsp3) is 0.889. The van der Waals surface area contributed by atoms with Gasteiger partial charge in [-0.2, -0.15) is 0 Å². The van der Waals surface area contributed by atoms with Gasteiger partial charge in [-0.1, -0.05) is 0 Å². The number of aliphatic hydroxyl groups excluding tert-OH is 1. The molecule has 1 aliphatic heterocycles. The third-order valence-electron chi connectivity index (χ3n) is 2.84. The summed E-state index contributed by atoms with van der Waals surface area (Å²) in [5.74, 6) is 0.106. The Balaban J connectivity index is 1.72. The molecule has 13 heavy (non-hydrogen) atoms. The standard InChI is InChI=1S/C9H16N2O2/c12-7-4-6(5-7)11-9(13)8-2-1-3-10-8/h6-8,10,12H,1-5H2,(H,11,13). The Kier molecular flexibility index (Phi) is 2.51. The largest absolute Gasteiger partial charge is 0.393 e. The molecule has 0 aromatic heterocycles. The van der Waals surface area contributed by atoms with Crippen LogP contribution in [0, 0.1) is 0 Å². The molecule has 3 N–H and O–H groups in total. The summed E-state index contributed by atoms with van der Waals surface area (Å²) >= 11 is 0. The highest BCUT2D eigenvalue weighted by molar-refractivity contribution is 5.82. The van der Waals surface area contributed by atoms with Crippen molar-refractivity contribution in [3.05, 3.63) is 0 Å². The molecule has 1 amide bonds. The van der Waals surface area contributed by atoms with E-state index >= 15 is 0 Å². The molecule has 1 aliphatic carbocycles. The van der Waals surface area contributed by atoms with E-state index in [1.54, 1.807) is 0 Å². The number of amides is 1. The average molecular weight is 184 g/mol. The molecule has 2 aliphatic rings. The molecule has 1 saturated heterocycles. The van der Waals surface area contributed by atoms with Gasteiger partial charge in [0.15, 0.2) is 0 Å². The van der Waals surface area contributed by atoms with Gasteiger partial charge in [-0.25, -0.2) is 0 Å². The van der Waals surface area contributed by atoms with Crippen LogP contribution in [-0.4, -0.2) is 35.7 Å². The van der Waals surface area contributed by atoms with E-state index in [-0.39, 0.29) is 24.1 Å². The molecule has 4 nitrogen and oxygen atoms in total. The molecule has 4 heteroatoms. The quantitative estimate of drug-likeness (QED) is 0.536. The summed E-state index contributed by atoms with van der Waals surface area (Å²) in [6, 6.07) is 0.225. The summed E-state index contributed by atoms with van der Waals surface area (Å²) in [5, 5.41) is 15.1. The molecule has 1 atom stereocenters. The van der Waals surface area contributed by atoms with Crippen LogP contribution in [0.3, 0.4) is 0 Å². The first kappa shape index (κ1) is 8.97. The van der Waals surface area contributed by atoms with Crippen molar-refractivity contribution >= 4 is 5.91 Å². The van der Waals surface area contributed by atoms with Crippen LogP contribution in [-0.2, 0) is 4.79 Å². The van der Waals surface area contributed by atoms with E-state index in [1.165, 1.54) is 0 Å². The maximum atomic E-state index is 11.5. The van der Waals surface area contributed by atoms with Crippen LogP contribution in [0.1, 0.15) is 25.7 Å². The van der Waals surface area contributed by atoms with Crippen molar-refractivity contribution in [2.75, 3.05) is 6.54 Å². The van der Waals surface area contributed by atoms with Gasteiger partial charge in [-0.3, -0.25) is 4.79 Å². The molecule has 0 bridgehead atoms. The van der Waals surface area contributed by atoms with Crippen molar-refractivity contribution in [1.82, 2.24) is 10.6 Å². The number of aliphatic hydroxyl groups is 1. The van der Waals surface area contributed by atoms with Gasteiger partial charge >= 0.3 is 0 Å². The second-order valence-corrected chi connectivity index (χ2v) is 3.98. The molecular weight excluding hydrogens is 168 g/mol. The predicted octanol–water partition coefficient (Wildman–Crippen LogP) is -0.622. The predicted molar refractivity (Wildman–Crippen MR) is 48.2 cm³/mol.